The normalized spacial score (nSPS) is 13.8. The molecule has 1 aromatic heterocycles. The zero-order valence-electron chi connectivity index (χ0n) is 10.5. The van der Waals surface area contributed by atoms with Crippen LogP contribution in [0.15, 0.2) is 44.5 Å². The van der Waals surface area contributed by atoms with E-state index in [1.807, 2.05) is 31.2 Å². The number of benzene rings is 1. The Kier molecular flexibility index (Phi) is 3.58. The number of hydrogen-bond acceptors (Lipinski definition) is 4. The summed E-state index contributed by atoms with van der Waals surface area (Å²) >= 11 is 0. The molecule has 2 N–H and O–H groups in total. The van der Waals surface area contributed by atoms with Crippen LogP contribution in [0.25, 0.3) is 11.0 Å². The zero-order chi connectivity index (χ0) is 13.1. The fraction of sp³-hybridized carbons (Fsp3) is 0.286. The predicted molar refractivity (Wildman–Crippen MR) is 73.2 cm³/mol. The Balaban J connectivity index is 2.54. The second-order valence-corrected chi connectivity index (χ2v) is 4.28. The molecule has 4 nitrogen and oxygen atoms in total. The van der Waals surface area contributed by atoms with Crippen LogP contribution in [-0.2, 0) is 0 Å². The van der Waals surface area contributed by atoms with Gasteiger partial charge in [-0.3, -0.25) is 4.99 Å². The lowest BCUT2D eigenvalue weighted by molar-refractivity contribution is 0.559. The first-order valence-corrected chi connectivity index (χ1v) is 5.89. The van der Waals surface area contributed by atoms with E-state index in [4.69, 9.17) is 10.2 Å². The van der Waals surface area contributed by atoms with Gasteiger partial charge < -0.3 is 10.2 Å². The molecule has 1 aromatic carbocycles. The van der Waals surface area contributed by atoms with E-state index in [1.54, 1.807) is 13.0 Å². The van der Waals surface area contributed by atoms with Crippen molar-refractivity contribution in [2.45, 2.75) is 19.9 Å². The Morgan fingerprint density at radius 3 is 2.89 bits per heavy atom. The summed E-state index contributed by atoms with van der Waals surface area (Å²) in [6.45, 7) is 4.16. The second kappa shape index (κ2) is 5.14. The summed E-state index contributed by atoms with van der Waals surface area (Å²) in [4.78, 5) is 16.2. The first kappa shape index (κ1) is 12.5. The molecule has 0 saturated carbocycles. The molecular formula is C14H16N2O2. The summed E-state index contributed by atoms with van der Waals surface area (Å²) in [6, 6.07) is 9.22. The summed E-state index contributed by atoms with van der Waals surface area (Å²) in [6.07, 6.45) is 0. The van der Waals surface area contributed by atoms with Crippen LogP contribution in [0, 0.1) is 0 Å². The first-order valence-electron chi connectivity index (χ1n) is 5.89. The molecule has 0 saturated heterocycles. The Hall–Kier alpha value is -1.94. The molecule has 0 amide bonds. The molecule has 1 atom stereocenters. The molecular weight excluding hydrogens is 228 g/mol. The Morgan fingerprint density at radius 2 is 2.17 bits per heavy atom. The van der Waals surface area contributed by atoms with Crippen molar-refractivity contribution in [3.05, 3.63) is 46.3 Å². The summed E-state index contributed by atoms with van der Waals surface area (Å²) in [5.41, 5.74) is 6.90. The van der Waals surface area contributed by atoms with Crippen LogP contribution < -0.4 is 11.4 Å². The number of para-hydroxylation sites is 1. The second-order valence-electron chi connectivity index (χ2n) is 4.28. The molecule has 94 valence electrons. The largest absolute Gasteiger partial charge is 0.422 e. The average molecular weight is 244 g/mol. The summed E-state index contributed by atoms with van der Waals surface area (Å²) in [5.74, 6) is 0. The highest BCUT2D eigenvalue weighted by Gasteiger charge is 2.08. The highest BCUT2D eigenvalue weighted by molar-refractivity contribution is 6.00. The SMILES string of the molecule is CC(=N[C@@H](C)CN)c1cc2ccccc2oc1=O. The molecule has 0 bridgehead atoms. The fourth-order valence-corrected chi connectivity index (χ4v) is 1.77. The van der Waals surface area contributed by atoms with Gasteiger partial charge in [-0.15, -0.1) is 0 Å². The van der Waals surface area contributed by atoms with Crippen molar-refractivity contribution in [2.75, 3.05) is 6.54 Å². The van der Waals surface area contributed by atoms with Gasteiger partial charge in [0.2, 0.25) is 0 Å². The molecule has 0 aliphatic rings. The minimum Gasteiger partial charge on any atom is -0.422 e. The van der Waals surface area contributed by atoms with Gasteiger partial charge >= 0.3 is 5.63 Å². The predicted octanol–water partition coefficient (Wildman–Crippen LogP) is 1.95. The lowest BCUT2D eigenvalue weighted by Gasteiger charge is -2.05. The quantitative estimate of drug-likeness (QED) is 0.662. The summed E-state index contributed by atoms with van der Waals surface area (Å²) in [7, 11) is 0. The van der Waals surface area contributed by atoms with Crippen LogP contribution in [0.2, 0.25) is 0 Å². The number of rotatable bonds is 3. The maximum atomic E-state index is 11.9. The van der Waals surface area contributed by atoms with Gasteiger partial charge in [0.05, 0.1) is 11.6 Å². The molecule has 0 radical (unpaired) electrons. The van der Waals surface area contributed by atoms with E-state index in [9.17, 15) is 4.79 Å². The molecule has 2 aromatic rings. The molecule has 2 rings (SSSR count). The van der Waals surface area contributed by atoms with Gasteiger partial charge in [-0.1, -0.05) is 18.2 Å². The van der Waals surface area contributed by atoms with Gasteiger partial charge in [0.15, 0.2) is 0 Å². The van der Waals surface area contributed by atoms with Crippen molar-refractivity contribution in [3.8, 4) is 0 Å². The lowest BCUT2D eigenvalue weighted by Crippen LogP contribution is -2.18. The molecule has 18 heavy (non-hydrogen) atoms. The number of fused-ring (bicyclic) bond motifs is 1. The number of hydrogen-bond donors (Lipinski definition) is 1. The average Bonchev–Trinajstić information content (AvgIpc) is 2.37. The van der Waals surface area contributed by atoms with Crippen molar-refractivity contribution in [1.82, 2.24) is 0 Å². The monoisotopic (exact) mass is 244 g/mol. The number of aliphatic imine (C=N–C) groups is 1. The molecule has 0 aliphatic carbocycles. The molecule has 0 fully saturated rings. The van der Waals surface area contributed by atoms with Gasteiger partial charge in [-0.25, -0.2) is 4.79 Å². The van der Waals surface area contributed by atoms with E-state index in [1.165, 1.54) is 0 Å². The maximum Gasteiger partial charge on any atom is 0.345 e. The van der Waals surface area contributed by atoms with Gasteiger partial charge in [0.25, 0.3) is 0 Å². The third-order valence-corrected chi connectivity index (χ3v) is 2.79. The molecule has 1 heterocycles. The maximum absolute atomic E-state index is 11.9. The minimum absolute atomic E-state index is 0.00382. The van der Waals surface area contributed by atoms with Crippen molar-refractivity contribution in [2.24, 2.45) is 10.7 Å². The smallest absolute Gasteiger partial charge is 0.345 e. The topological polar surface area (TPSA) is 68.6 Å². The van der Waals surface area contributed by atoms with E-state index >= 15 is 0 Å². The van der Waals surface area contributed by atoms with E-state index < -0.39 is 0 Å². The number of nitrogens with two attached hydrogens (primary N) is 1. The van der Waals surface area contributed by atoms with Gasteiger partial charge in [0.1, 0.15) is 5.58 Å². The van der Waals surface area contributed by atoms with E-state index in [0.29, 0.717) is 23.4 Å². The molecule has 0 unspecified atom stereocenters. The highest BCUT2D eigenvalue weighted by Crippen LogP contribution is 2.13. The molecule has 4 heteroatoms. The van der Waals surface area contributed by atoms with Gasteiger partial charge in [-0.2, -0.15) is 0 Å². The first-order chi connectivity index (χ1) is 8.61. The van der Waals surface area contributed by atoms with Crippen LogP contribution in [0.1, 0.15) is 19.4 Å². The van der Waals surface area contributed by atoms with Crippen molar-refractivity contribution in [1.29, 1.82) is 0 Å². The van der Waals surface area contributed by atoms with Crippen molar-refractivity contribution in [3.63, 3.8) is 0 Å². The molecule has 0 aliphatic heterocycles. The van der Waals surface area contributed by atoms with E-state index in [0.717, 1.165) is 5.39 Å². The van der Waals surface area contributed by atoms with Crippen molar-refractivity contribution >= 4 is 16.7 Å². The van der Waals surface area contributed by atoms with Crippen LogP contribution in [0.4, 0.5) is 0 Å². The third-order valence-electron chi connectivity index (χ3n) is 2.79. The Morgan fingerprint density at radius 1 is 1.44 bits per heavy atom. The highest BCUT2D eigenvalue weighted by atomic mass is 16.4. The summed E-state index contributed by atoms with van der Waals surface area (Å²) in [5, 5.41) is 0.891. The Labute approximate surface area is 105 Å². The van der Waals surface area contributed by atoms with Crippen LogP contribution in [0.3, 0.4) is 0 Å². The fourth-order valence-electron chi connectivity index (χ4n) is 1.77. The zero-order valence-corrected chi connectivity index (χ0v) is 10.5. The van der Waals surface area contributed by atoms with Crippen LogP contribution >= 0.6 is 0 Å². The molecule has 0 spiro atoms. The van der Waals surface area contributed by atoms with Crippen molar-refractivity contribution < 1.29 is 4.42 Å². The third kappa shape index (κ3) is 2.49. The summed E-state index contributed by atoms with van der Waals surface area (Å²) < 4.78 is 5.26. The standard InChI is InChI=1S/C14H16N2O2/c1-9(8-15)16-10(2)12-7-11-5-3-4-6-13(11)18-14(12)17/h3-7,9H,8,15H2,1-2H3/t9-/m0/s1. The van der Waals surface area contributed by atoms with Crippen LogP contribution in [0.5, 0.6) is 0 Å². The lowest BCUT2D eigenvalue weighted by atomic mass is 10.1. The minimum atomic E-state index is -0.362. The van der Waals surface area contributed by atoms with E-state index in [2.05, 4.69) is 4.99 Å². The van der Waals surface area contributed by atoms with E-state index in [-0.39, 0.29) is 11.7 Å². The van der Waals surface area contributed by atoms with Crippen LogP contribution in [-0.4, -0.2) is 18.3 Å². The number of nitrogens with zero attached hydrogens (tertiary/aromatic N) is 1. The Bertz CT molecular complexity index is 644. The van der Waals surface area contributed by atoms with Gasteiger partial charge in [-0.05, 0) is 26.0 Å². The van der Waals surface area contributed by atoms with Gasteiger partial charge in [0, 0.05) is 17.6 Å².